The first-order valence-corrected chi connectivity index (χ1v) is 6.11. The highest BCUT2D eigenvalue weighted by atomic mass is 19.1. The zero-order chi connectivity index (χ0) is 14.4. The van der Waals surface area contributed by atoms with Gasteiger partial charge in [-0.15, -0.1) is 0 Å². The number of nitrogens with one attached hydrogen (secondary N) is 2. The van der Waals surface area contributed by atoms with Crippen LogP contribution in [0.15, 0.2) is 48.5 Å². The maximum atomic E-state index is 13.0. The highest BCUT2D eigenvalue weighted by Crippen LogP contribution is 2.24. The first-order chi connectivity index (χ1) is 9.69. The van der Waals surface area contributed by atoms with E-state index in [4.69, 9.17) is 4.74 Å². The van der Waals surface area contributed by atoms with E-state index in [1.165, 1.54) is 25.3 Å². The Labute approximate surface area is 116 Å². The van der Waals surface area contributed by atoms with Crippen molar-refractivity contribution in [1.29, 1.82) is 0 Å². The molecule has 0 spiro atoms. The van der Waals surface area contributed by atoms with Gasteiger partial charge in [0.05, 0.1) is 19.3 Å². The summed E-state index contributed by atoms with van der Waals surface area (Å²) in [6, 6.07) is 13.3. The van der Waals surface area contributed by atoms with Crippen LogP contribution in [-0.2, 0) is 4.79 Å². The minimum atomic E-state index is -0.415. The maximum Gasteiger partial charge on any atom is 0.243 e. The number of carbonyl (C=O) groups is 1. The molecule has 4 nitrogen and oxygen atoms in total. The van der Waals surface area contributed by atoms with Crippen LogP contribution in [-0.4, -0.2) is 19.6 Å². The Balaban J connectivity index is 1.95. The second-order valence-electron chi connectivity index (χ2n) is 4.11. The van der Waals surface area contributed by atoms with Crippen molar-refractivity contribution < 1.29 is 13.9 Å². The van der Waals surface area contributed by atoms with Crippen LogP contribution in [0.3, 0.4) is 0 Å². The van der Waals surface area contributed by atoms with Crippen molar-refractivity contribution in [3.8, 4) is 5.75 Å². The number of para-hydroxylation sites is 1. The van der Waals surface area contributed by atoms with E-state index in [-0.39, 0.29) is 18.2 Å². The van der Waals surface area contributed by atoms with Gasteiger partial charge < -0.3 is 15.4 Å². The van der Waals surface area contributed by atoms with Gasteiger partial charge in [0, 0.05) is 11.8 Å². The highest BCUT2D eigenvalue weighted by Gasteiger charge is 2.08. The maximum absolute atomic E-state index is 13.0. The van der Waals surface area contributed by atoms with Gasteiger partial charge in [-0.2, -0.15) is 0 Å². The van der Waals surface area contributed by atoms with Crippen LogP contribution >= 0.6 is 0 Å². The first-order valence-electron chi connectivity index (χ1n) is 6.11. The van der Waals surface area contributed by atoms with Crippen LogP contribution < -0.4 is 15.4 Å². The standard InChI is InChI=1S/C15H15FN2O2/c1-20-14-9-11(16)7-8-13(14)18-15(19)10-17-12-5-3-2-4-6-12/h2-9,17H,10H2,1H3,(H,18,19). The molecule has 0 aliphatic heterocycles. The third-order valence-electron chi connectivity index (χ3n) is 2.66. The zero-order valence-electron chi connectivity index (χ0n) is 11.0. The van der Waals surface area contributed by atoms with Crippen molar-refractivity contribution in [2.24, 2.45) is 0 Å². The van der Waals surface area contributed by atoms with E-state index in [1.54, 1.807) is 0 Å². The average Bonchev–Trinajstić information content (AvgIpc) is 2.48. The van der Waals surface area contributed by atoms with Crippen LogP contribution in [0.5, 0.6) is 5.75 Å². The topological polar surface area (TPSA) is 50.4 Å². The Morgan fingerprint density at radius 1 is 1.20 bits per heavy atom. The summed E-state index contributed by atoms with van der Waals surface area (Å²) in [5.74, 6) is -0.362. The van der Waals surface area contributed by atoms with Crippen molar-refractivity contribution in [1.82, 2.24) is 0 Å². The van der Waals surface area contributed by atoms with Crippen molar-refractivity contribution in [3.05, 3.63) is 54.3 Å². The fourth-order valence-electron chi connectivity index (χ4n) is 1.70. The van der Waals surface area contributed by atoms with Crippen molar-refractivity contribution in [3.63, 3.8) is 0 Å². The molecule has 5 heteroatoms. The monoisotopic (exact) mass is 274 g/mol. The van der Waals surface area contributed by atoms with Gasteiger partial charge in [-0.25, -0.2) is 4.39 Å². The van der Waals surface area contributed by atoms with Gasteiger partial charge >= 0.3 is 0 Å². The predicted molar refractivity (Wildman–Crippen MR) is 76.5 cm³/mol. The largest absolute Gasteiger partial charge is 0.494 e. The first kappa shape index (κ1) is 13.9. The summed E-state index contributed by atoms with van der Waals surface area (Å²) in [6.07, 6.45) is 0. The molecule has 2 rings (SSSR count). The van der Waals surface area contributed by atoms with Crippen LogP contribution in [0.25, 0.3) is 0 Å². The Kier molecular flexibility index (Phi) is 4.55. The number of amides is 1. The summed E-state index contributed by atoms with van der Waals surface area (Å²) in [6.45, 7) is 0.116. The molecule has 0 heterocycles. The predicted octanol–water partition coefficient (Wildman–Crippen LogP) is 2.88. The smallest absolute Gasteiger partial charge is 0.243 e. The molecule has 1 amide bonds. The molecule has 0 atom stereocenters. The van der Waals surface area contributed by atoms with Crippen LogP contribution in [0, 0.1) is 5.82 Å². The second-order valence-corrected chi connectivity index (χ2v) is 4.11. The summed E-state index contributed by atoms with van der Waals surface area (Å²) in [5.41, 5.74) is 1.29. The molecule has 0 aliphatic rings. The lowest BCUT2D eigenvalue weighted by molar-refractivity contribution is -0.114. The Bertz CT molecular complexity index is 588. The normalized spacial score (nSPS) is 9.90. The Morgan fingerprint density at radius 2 is 1.95 bits per heavy atom. The lowest BCUT2D eigenvalue weighted by Gasteiger charge is -2.11. The van der Waals surface area contributed by atoms with E-state index in [0.29, 0.717) is 5.69 Å². The molecular formula is C15H15FN2O2. The Morgan fingerprint density at radius 3 is 2.65 bits per heavy atom. The number of benzene rings is 2. The zero-order valence-corrected chi connectivity index (χ0v) is 11.0. The molecule has 20 heavy (non-hydrogen) atoms. The lowest BCUT2D eigenvalue weighted by Crippen LogP contribution is -2.22. The van der Waals surface area contributed by atoms with E-state index in [2.05, 4.69) is 10.6 Å². The van der Waals surface area contributed by atoms with Crippen molar-refractivity contribution in [2.75, 3.05) is 24.3 Å². The molecule has 2 aromatic carbocycles. The molecule has 2 aromatic rings. The van der Waals surface area contributed by atoms with Gasteiger partial charge in [0.1, 0.15) is 11.6 Å². The second kappa shape index (κ2) is 6.56. The number of methoxy groups -OCH3 is 1. The fourth-order valence-corrected chi connectivity index (χ4v) is 1.70. The van der Waals surface area contributed by atoms with Crippen LogP contribution in [0.4, 0.5) is 15.8 Å². The third-order valence-corrected chi connectivity index (χ3v) is 2.66. The molecule has 0 aromatic heterocycles. The van der Waals surface area contributed by atoms with Gasteiger partial charge in [-0.05, 0) is 24.3 Å². The molecule has 0 aliphatic carbocycles. The molecule has 0 radical (unpaired) electrons. The van der Waals surface area contributed by atoms with Gasteiger partial charge in [0.15, 0.2) is 0 Å². The summed E-state index contributed by atoms with van der Waals surface area (Å²) >= 11 is 0. The SMILES string of the molecule is COc1cc(F)ccc1NC(=O)CNc1ccccc1. The van der Waals surface area contributed by atoms with E-state index >= 15 is 0 Å². The number of ether oxygens (including phenoxy) is 1. The van der Waals surface area contributed by atoms with Gasteiger partial charge in [0.2, 0.25) is 5.91 Å². The molecule has 0 saturated heterocycles. The van der Waals surface area contributed by atoms with Crippen molar-refractivity contribution >= 4 is 17.3 Å². The molecule has 0 fully saturated rings. The van der Waals surface area contributed by atoms with Gasteiger partial charge in [-0.1, -0.05) is 18.2 Å². The van der Waals surface area contributed by atoms with Gasteiger partial charge in [0.25, 0.3) is 0 Å². The van der Waals surface area contributed by atoms with Crippen LogP contribution in [0.2, 0.25) is 0 Å². The number of carbonyl (C=O) groups excluding carboxylic acids is 1. The summed E-state index contributed by atoms with van der Waals surface area (Å²) in [4.78, 5) is 11.8. The average molecular weight is 274 g/mol. The summed E-state index contributed by atoms with van der Waals surface area (Å²) in [7, 11) is 1.42. The lowest BCUT2D eigenvalue weighted by atomic mass is 10.2. The molecular weight excluding hydrogens is 259 g/mol. The van der Waals surface area contributed by atoms with E-state index in [9.17, 15) is 9.18 Å². The fraction of sp³-hybridized carbons (Fsp3) is 0.133. The Hall–Kier alpha value is -2.56. The van der Waals surface area contributed by atoms with Crippen LogP contribution in [0.1, 0.15) is 0 Å². The number of anilines is 2. The van der Waals surface area contributed by atoms with E-state index in [1.807, 2.05) is 30.3 Å². The number of hydrogen-bond acceptors (Lipinski definition) is 3. The minimum Gasteiger partial charge on any atom is -0.494 e. The van der Waals surface area contributed by atoms with E-state index < -0.39 is 5.82 Å². The summed E-state index contributed by atoms with van der Waals surface area (Å²) in [5, 5.41) is 5.65. The molecule has 104 valence electrons. The highest BCUT2D eigenvalue weighted by molar-refractivity contribution is 5.95. The van der Waals surface area contributed by atoms with Gasteiger partial charge in [-0.3, -0.25) is 4.79 Å². The minimum absolute atomic E-state index is 0.116. The number of halogens is 1. The third kappa shape index (κ3) is 3.71. The quantitative estimate of drug-likeness (QED) is 0.881. The molecule has 2 N–H and O–H groups in total. The number of hydrogen-bond donors (Lipinski definition) is 2. The molecule has 0 saturated carbocycles. The number of rotatable bonds is 5. The van der Waals surface area contributed by atoms with E-state index in [0.717, 1.165) is 5.69 Å². The molecule has 0 bridgehead atoms. The molecule has 0 unspecified atom stereocenters. The summed E-state index contributed by atoms with van der Waals surface area (Å²) < 4.78 is 18.1. The van der Waals surface area contributed by atoms with Crippen molar-refractivity contribution in [2.45, 2.75) is 0 Å².